The van der Waals surface area contributed by atoms with Gasteiger partial charge in [0.1, 0.15) is 12.2 Å². The predicted molar refractivity (Wildman–Crippen MR) is 54.0 cm³/mol. The van der Waals surface area contributed by atoms with E-state index in [1.165, 1.54) is 6.07 Å². The number of rotatable bonds is 4. The lowest BCUT2D eigenvalue weighted by atomic mass is 10.2. The quantitative estimate of drug-likeness (QED) is 0.578. The van der Waals surface area contributed by atoms with Gasteiger partial charge in [0.25, 0.3) is 5.69 Å². The molecule has 1 aromatic rings. The van der Waals surface area contributed by atoms with Crippen molar-refractivity contribution < 1.29 is 14.8 Å². The molecule has 0 aliphatic carbocycles. The first-order valence-electron chi connectivity index (χ1n) is 4.21. The highest BCUT2D eigenvalue weighted by Crippen LogP contribution is 2.24. The van der Waals surface area contributed by atoms with Crippen molar-refractivity contribution in [2.75, 3.05) is 11.9 Å². The molecular formula is C9H10N2O4. The number of nitro benzene ring substituents is 1. The zero-order valence-corrected chi connectivity index (χ0v) is 8.06. The summed E-state index contributed by atoms with van der Waals surface area (Å²) in [7, 11) is 0. The molecule has 1 aromatic carbocycles. The van der Waals surface area contributed by atoms with Crippen molar-refractivity contribution in [1.82, 2.24) is 0 Å². The maximum absolute atomic E-state index is 10.6. The van der Waals surface area contributed by atoms with Gasteiger partial charge in [-0.15, -0.1) is 0 Å². The summed E-state index contributed by atoms with van der Waals surface area (Å²) in [5.41, 5.74) is 0.928. The van der Waals surface area contributed by atoms with Gasteiger partial charge in [0.05, 0.1) is 4.92 Å². The Morgan fingerprint density at radius 3 is 2.80 bits per heavy atom. The van der Waals surface area contributed by atoms with Gasteiger partial charge >= 0.3 is 5.97 Å². The van der Waals surface area contributed by atoms with Gasteiger partial charge in [0.2, 0.25) is 0 Å². The van der Waals surface area contributed by atoms with Gasteiger partial charge in [-0.25, -0.2) is 0 Å². The molecule has 0 heterocycles. The Morgan fingerprint density at radius 1 is 1.60 bits per heavy atom. The fourth-order valence-electron chi connectivity index (χ4n) is 1.12. The number of carbonyl (C=O) groups is 1. The largest absolute Gasteiger partial charge is 0.480 e. The lowest BCUT2D eigenvalue weighted by molar-refractivity contribution is -0.384. The third-order valence-corrected chi connectivity index (χ3v) is 1.78. The molecule has 15 heavy (non-hydrogen) atoms. The van der Waals surface area contributed by atoms with Crippen molar-refractivity contribution in [3.8, 4) is 0 Å². The van der Waals surface area contributed by atoms with Crippen LogP contribution in [0.15, 0.2) is 18.2 Å². The summed E-state index contributed by atoms with van der Waals surface area (Å²) in [5.74, 6) is -1.06. The standard InChI is InChI=1S/C9H10N2O4/c1-6-2-3-8(11(14)15)7(4-6)10-5-9(12)13/h2-4,10H,5H2,1H3,(H,12,13). The minimum absolute atomic E-state index is 0.123. The number of hydrogen-bond acceptors (Lipinski definition) is 4. The number of nitrogens with zero attached hydrogens (tertiary/aromatic N) is 1. The SMILES string of the molecule is Cc1ccc([N+](=O)[O-])c(NCC(=O)O)c1. The average Bonchev–Trinajstić information content (AvgIpc) is 2.14. The van der Waals surface area contributed by atoms with E-state index < -0.39 is 10.9 Å². The van der Waals surface area contributed by atoms with Crippen LogP contribution in [0, 0.1) is 17.0 Å². The molecule has 80 valence electrons. The van der Waals surface area contributed by atoms with E-state index >= 15 is 0 Å². The summed E-state index contributed by atoms with van der Waals surface area (Å²) in [6.07, 6.45) is 0. The van der Waals surface area contributed by atoms with Crippen LogP contribution >= 0.6 is 0 Å². The van der Waals surface area contributed by atoms with E-state index in [1.807, 2.05) is 0 Å². The van der Waals surface area contributed by atoms with E-state index in [1.54, 1.807) is 19.1 Å². The maximum atomic E-state index is 10.6. The van der Waals surface area contributed by atoms with E-state index in [-0.39, 0.29) is 17.9 Å². The van der Waals surface area contributed by atoms with Gasteiger partial charge in [-0.2, -0.15) is 0 Å². The maximum Gasteiger partial charge on any atom is 0.322 e. The Hall–Kier alpha value is -2.11. The van der Waals surface area contributed by atoms with Gasteiger partial charge < -0.3 is 10.4 Å². The summed E-state index contributed by atoms with van der Waals surface area (Å²) in [6.45, 7) is 1.43. The number of benzene rings is 1. The van der Waals surface area contributed by atoms with Gasteiger partial charge in [-0.1, -0.05) is 6.07 Å². The van der Waals surface area contributed by atoms with Crippen LogP contribution in [0.3, 0.4) is 0 Å². The fourth-order valence-corrected chi connectivity index (χ4v) is 1.12. The van der Waals surface area contributed by atoms with E-state index in [4.69, 9.17) is 5.11 Å². The second-order valence-electron chi connectivity index (χ2n) is 3.03. The molecule has 0 saturated carbocycles. The van der Waals surface area contributed by atoms with Gasteiger partial charge in [0.15, 0.2) is 0 Å². The zero-order valence-electron chi connectivity index (χ0n) is 8.06. The summed E-state index contributed by atoms with van der Waals surface area (Å²) in [5, 5.41) is 21.5. The number of aliphatic carboxylic acids is 1. The molecule has 2 N–H and O–H groups in total. The highest BCUT2D eigenvalue weighted by molar-refractivity contribution is 5.75. The molecule has 0 aliphatic rings. The number of anilines is 1. The minimum atomic E-state index is -1.06. The van der Waals surface area contributed by atoms with Crippen LogP contribution in [-0.4, -0.2) is 22.5 Å². The van der Waals surface area contributed by atoms with Crippen LogP contribution in [0.5, 0.6) is 0 Å². The van der Waals surface area contributed by atoms with Crippen molar-refractivity contribution >= 4 is 17.3 Å². The molecule has 1 rings (SSSR count). The van der Waals surface area contributed by atoms with Crippen molar-refractivity contribution in [2.24, 2.45) is 0 Å². The molecule has 0 bridgehead atoms. The Morgan fingerprint density at radius 2 is 2.27 bits per heavy atom. The number of carboxylic acid groups (broad SMARTS) is 1. The van der Waals surface area contributed by atoms with Crippen molar-refractivity contribution in [3.05, 3.63) is 33.9 Å². The highest BCUT2D eigenvalue weighted by Gasteiger charge is 2.13. The van der Waals surface area contributed by atoms with E-state index in [0.29, 0.717) is 0 Å². The third kappa shape index (κ3) is 2.94. The zero-order chi connectivity index (χ0) is 11.4. The molecule has 0 radical (unpaired) electrons. The van der Waals surface area contributed by atoms with Gasteiger partial charge in [-0.05, 0) is 18.6 Å². The van der Waals surface area contributed by atoms with Crippen LogP contribution in [-0.2, 0) is 4.79 Å². The molecule has 0 aliphatic heterocycles. The van der Waals surface area contributed by atoms with Crippen LogP contribution in [0.1, 0.15) is 5.56 Å². The smallest absolute Gasteiger partial charge is 0.322 e. The van der Waals surface area contributed by atoms with Crippen LogP contribution in [0.25, 0.3) is 0 Å². The van der Waals surface area contributed by atoms with Crippen LogP contribution in [0.4, 0.5) is 11.4 Å². The summed E-state index contributed by atoms with van der Waals surface area (Å²) in [6, 6.07) is 4.49. The molecule has 0 fully saturated rings. The number of nitro groups is 1. The first-order valence-corrected chi connectivity index (χ1v) is 4.21. The minimum Gasteiger partial charge on any atom is -0.480 e. The Labute approximate surface area is 85.7 Å². The number of aryl methyl sites for hydroxylation is 1. The lowest BCUT2D eigenvalue weighted by Gasteiger charge is -2.05. The van der Waals surface area contributed by atoms with Gasteiger partial charge in [0, 0.05) is 6.07 Å². The number of hydrogen-bond donors (Lipinski definition) is 2. The third-order valence-electron chi connectivity index (χ3n) is 1.78. The topological polar surface area (TPSA) is 92.5 Å². The highest BCUT2D eigenvalue weighted by atomic mass is 16.6. The second kappa shape index (κ2) is 4.41. The molecule has 6 nitrogen and oxygen atoms in total. The first kappa shape index (κ1) is 11.0. The normalized spacial score (nSPS) is 9.67. The molecule has 0 aromatic heterocycles. The van der Waals surface area contributed by atoms with Gasteiger partial charge in [-0.3, -0.25) is 14.9 Å². The molecule has 6 heteroatoms. The summed E-state index contributed by atoms with van der Waals surface area (Å²) < 4.78 is 0. The molecule has 0 saturated heterocycles. The molecule has 0 amide bonds. The Balaban J connectivity index is 2.96. The molecule has 0 atom stereocenters. The Bertz CT molecular complexity index is 403. The molecular weight excluding hydrogens is 200 g/mol. The van der Waals surface area contributed by atoms with Crippen LogP contribution in [0.2, 0.25) is 0 Å². The summed E-state index contributed by atoms with van der Waals surface area (Å²) in [4.78, 5) is 20.4. The first-order chi connectivity index (χ1) is 7.00. The predicted octanol–water partition coefficient (Wildman–Crippen LogP) is 1.40. The van der Waals surface area contributed by atoms with Crippen molar-refractivity contribution in [3.63, 3.8) is 0 Å². The van der Waals surface area contributed by atoms with Crippen molar-refractivity contribution in [1.29, 1.82) is 0 Å². The number of nitrogens with one attached hydrogen (secondary N) is 1. The average molecular weight is 210 g/mol. The van der Waals surface area contributed by atoms with Crippen molar-refractivity contribution in [2.45, 2.75) is 6.92 Å². The van der Waals surface area contributed by atoms with E-state index in [2.05, 4.69) is 5.32 Å². The fraction of sp³-hybridized carbons (Fsp3) is 0.222. The summed E-state index contributed by atoms with van der Waals surface area (Å²) >= 11 is 0. The molecule has 0 unspecified atom stereocenters. The number of carboxylic acids is 1. The molecule has 0 spiro atoms. The monoisotopic (exact) mass is 210 g/mol. The lowest BCUT2D eigenvalue weighted by Crippen LogP contribution is -2.13. The van der Waals surface area contributed by atoms with E-state index in [9.17, 15) is 14.9 Å². The second-order valence-corrected chi connectivity index (χ2v) is 3.03. The Kier molecular flexibility index (Phi) is 3.22. The van der Waals surface area contributed by atoms with E-state index in [0.717, 1.165) is 5.56 Å². The van der Waals surface area contributed by atoms with Crippen LogP contribution < -0.4 is 5.32 Å².